The van der Waals surface area contributed by atoms with Gasteiger partial charge in [-0.25, -0.2) is 9.97 Å². The first-order valence-electron chi connectivity index (χ1n) is 10.3. The van der Waals surface area contributed by atoms with Gasteiger partial charge in [0.2, 0.25) is 5.91 Å². The lowest BCUT2D eigenvalue weighted by atomic mass is 10.1. The third kappa shape index (κ3) is 4.10. The summed E-state index contributed by atoms with van der Waals surface area (Å²) in [5.74, 6) is -0.122. The Kier molecular flexibility index (Phi) is 5.62. The molecule has 5 aromatic rings. The van der Waals surface area contributed by atoms with Gasteiger partial charge in [-0.05, 0) is 24.6 Å². The Balaban J connectivity index is 1.49. The maximum atomic E-state index is 13.4. The van der Waals surface area contributed by atoms with Crippen molar-refractivity contribution in [1.82, 2.24) is 14.5 Å². The number of aromatic nitrogens is 3. The number of hydrogen-bond acceptors (Lipinski definition) is 6. The third-order valence-electron chi connectivity index (χ3n) is 5.32. The fourth-order valence-electron chi connectivity index (χ4n) is 3.68. The van der Waals surface area contributed by atoms with Crippen LogP contribution in [0, 0.1) is 6.92 Å². The number of amides is 1. The molecule has 33 heavy (non-hydrogen) atoms. The van der Waals surface area contributed by atoms with Gasteiger partial charge in [0.1, 0.15) is 4.83 Å². The van der Waals surface area contributed by atoms with E-state index < -0.39 is 0 Å². The molecule has 0 N–H and O–H groups in total. The second kappa shape index (κ2) is 8.73. The monoisotopic (exact) mass is 472 g/mol. The maximum absolute atomic E-state index is 13.4. The molecule has 0 bridgehead atoms. The molecule has 0 radical (unpaired) electrons. The molecule has 8 heteroatoms. The molecule has 3 aromatic heterocycles. The van der Waals surface area contributed by atoms with E-state index in [1.54, 1.807) is 15.8 Å². The number of carbonyl (C=O) groups is 1. The topological polar surface area (TPSA) is 68.1 Å². The molecule has 0 aliphatic carbocycles. The van der Waals surface area contributed by atoms with E-state index in [2.05, 4.69) is 9.97 Å². The number of para-hydroxylation sites is 1. The van der Waals surface area contributed by atoms with Crippen LogP contribution in [-0.4, -0.2) is 20.4 Å². The van der Waals surface area contributed by atoms with Gasteiger partial charge in [-0.2, -0.15) is 0 Å². The summed E-state index contributed by atoms with van der Waals surface area (Å²) in [5, 5.41) is 5.05. The van der Waals surface area contributed by atoms with Crippen LogP contribution in [0.2, 0.25) is 0 Å². The number of carbonyl (C=O) groups excluding carboxylic acids is 1. The van der Waals surface area contributed by atoms with E-state index in [4.69, 9.17) is 0 Å². The zero-order valence-corrected chi connectivity index (χ0v) is 19.7. The van der Waals surface area contributed by atoms with Crippen molar-refractivity contribution in [3.8, 4) is 11.1 Å². The number of nitrogens with zero attached hydrogens (tertiary/aromatic N) is 4. The minimum atomic E-state index is -0.122. The Morgan fingerprint density at radius 1 is 1.03 bits per heavy atom. The van der Waals surface area contributed by atoms with Gasteiger partial charge in [-0.15, -0.1) is 22.7 Å². The number of thiophene rings is 1. The maximum Gasteiger partial charge on any atom is 0.263 e. The summed E-state index contributed by atoms with van der Waals surface area (Å²) in [6.07, 6.45) is 1.57. The highest BCUT2D eigenvalue weighted by atomic mass is 32.1. The van der Waals surface area contributed by atoms with Crippen LogP contribution in [0.25, 0.3) is 21.3 Å². The predicted molar refractivity (Wildman–Crippen MR) is 135 cm³/mol. The number of anilines is 2. The van der Waals surface area contributed by atoms with E-state index in [0.29, 0.717) is 16.2 Å². The molecule has 0 atom stereocenters. The Hall–Kier alpha value is -3.62. The summed E-state index contributed by atoms with van der Waals surface area (Å²) < 4.78 is 1.58. The lowest BCUT2D eigenvalue weighted by Gasteiger charge is -2.17. The number of rotatable bonds is 5. The molecule has 0 fully saturated rings. The second-order valence-electron chi connectivity index (χ2n) is 7.68. The van der Waals surface area contributed by atoms with E-state index in [0.717, 1.165) is 21.6 Å². The van der Waals surface area contributed by atoms with E-state index in [1.807, 2.05) is 72.3 Å². The van der Waals surface area contributed by atoms with Gasteiger partial charge in [-0.3, -0.25) is 19.1 Å². The van der Waals surface area contributed by atoms with Crippen LogP contribution in [0.1, 0.15) is 18.2 Å². The van der Waals surface area contributed by atoms with Gasteiger partial charge < -0.3 is 0 Å². The summed E-state index contributed by atoms with van der Waals surface area (Å²) in [7, 11) is 0. The van der Waals surface area contributed by atoms with Gasteiger partial charge in [0.25, 0.3) is 5.56 Å². The van der Waals surface area contributed by atoms with Crippen molar-refractivity contribution < 1.29 is 4.79 Å². The van der Waals surface area contributed by atoms with Crippen LogP contribution < -0.4 is 10.5 Å². The Labute approximate surface area is 198 Å². The van der Waals surface area contributed by atoms with Crippen molar-refractivity contribution in [2.24, 2.45) is 0 Å². The average Bonchev–Trinajstić information content (AvgIpc) is 3.45. The first kappa shape index (κ1) is 21.2. The fourth-order valence-corrected chi connectivity index (χ4v) is 5.46. The van der Waals surface area contributed by atoms with Crippen LogP contribution in [-0.2, 0) is 11.3 Å². The standard InChI is InChI=1S/C25H20N4O2S2/c1-16-8-10-18(11-9-16)21-14-32-23-22(21)24(31)28(15-26-23)12-19-13-33-25(27-19)29(17(2)30)20-6-4-3-5-7-20/h3-11,13-15H,12H2,1-2H3. The van der Waals surface area contributed by atoms with E-state index in [-0.39, 0.29) is 18.0 Å². The van der Waals surface area contributed by atoms with Crippen LogP contribution in [0.15, 0.2) is 76.5 Å². The molecule has 0 spiro atoms. The number of thiazole rings is 1. The summed E-state index contributed by atoms with van der Waals surface area (Å²) >= 11 is 2.84. The lowest BCUT2D eigenvalue weighted by molar-refractivity contribution is -0.115. The summed E-state index contributed by atoms with van der Waals surface area (Å²) in [6, 6.07) is 17.5. The Morgan fingerprint density at radius 2 is 1.79 bits per heavy atom. The van der Waals surface area contributed by atoms with Gasteiger partial charge in [0.05, 0.1) is 29.6 Å². The molecule has 2 aromatic carbocycles. The number of benzene rings is 2. The molecule has 3 heterocycles. The van der Waals surface area contributed by atoms with E-state index >= 15 is 0 Å². The third-order valence-corrected chi connectivity index (χ3v) is 7.08. The molecule has 5 rings (SSSR count). The first-order chi connectivity index (χ1) is 16.0. The van der Waals surface area contributed by atoms with Crippen molar-refractivity contribution in [2.75, 3.05) is 4.90 Å². The molecular weight excluding hydrogens is 452 g/mol. The number of fused-ring (bicyclic) bond motifs is 1. The zero-order chi connectivity index (χ0) is 22.9. The minimum Gasteiger partial charge on any atom is -0.293 e. The van der Waals surface area contributed by atoms with E-state index in [1.165, 1.54) is 35.2 Å². The predicted octanol–water partition coefficient (Wildman–Crippen LogP) is 5.62. The minimum absolute atomic E-state index is 0.0992. The van der Waals surface area contributed by atoms with Crippen molar-refractivity contribution >= 4 is 49.6 Å². The highest BCUT2D eigenvalue weighted by Gasteiger charge is 2.19. The smallest absolute Gasteiger partial charge is 0.263 e. The van der Waals surface area contributed by atoms with Crippen LogP contribution >= 0.6 is 22.7 Å². The summed E-state index contributed by atoms with van der Waals surface area (Å²) in [4.78, 5) is 37.1. The molecule has 0 unspecified atom stereocenters. The van der Waals surface area contributed by atoms with Crippen molar-refractivity contribution in [2.45, 2.75) is 20.4 Å². The van der Waals surface area contributed by atoms with Gasteiger partial charge in [0.15, 0.2) is 5.13 Å². The second-order valence-corrected chi connectivity index (χ2v) is 9.38. The Bertz CT molecular complexity index is 1500. The number of hydrogen-bond donors (Lipinski definition) is 0. The molecule has 0 saturated carbocycles. The van der Waals surface area contributed by atoms with Crippen LogP contribution in [0.3, 0.4) is 0 Å². The lowest BCUT2D eigenvalue weighted by Crippen LogP contribution is -2.23. The van der Waals surface area contributed by atoms with Crippen LogP contribution in [0.4, 0.5) is 10.8 Å². The molecule has 164 valence electrons. The highest BCUT2D eigenvalue weighted by molar-refractivity contribution is 7.17. The molecule has 0 aliphatic rings. The van der Waals surface area contributed by atoms with Crippen molar-refractivity contribution in [3.05, 3.63) is 93.3 Å². The zero-order valence-electron chi connectivity index (χ0n) is 18.1. The van der Waals surface area contributed by atoms with Crippen LogP contribution in [0.5, 0.6) is 0 Å². The molecule has 6 nitrogen and oxygen atoms in total. The first-order valence-corrected chi connectivity index (χ1v) is 12.1. The van der Waals surface area contributed by atoms with Gasteiger partial charge in [-0.1, -0.05) is 48.0 Å². The highest BCUT2D eigenvalue weighted by Crippen LogP contribution is 2.31. The Morgan fingerprint density at radius 3 is 2.52 bits per heavy atom. The molecule has 1 amide bonds. The van der Waals surface area contributed by atoms with Gasteiger partial charge in [0, 0.05) is 23.2 Å². The molecular formula is C25H20N4O2S2. The fraction of sp³-hybridized carbons (Fsp3) is 0.120. The summed E-state index contributed by atoms with van der Waals surface area (Å²) in [5.41, 5.74) is 4.42. The van der Waals surface area contributed by atoms with Gasteiger partial charge >= 0.3 is 0 Å². The number of aryl methyl sites for hydroxylation is 1. The van der Waals surface area contributed by atoms with E-state index in [9.17, 15) is 9.59 Å². The SMILES string of the molecule is CC(=O)N(c1ccccc1)c1nc(Cn2cnc3scc(-c4ccc(C)cc4)c3c2=O)cs1. The quantitative estimate of drug-likeness (QED) is 0.333. The normalized spacial score (nSPS) is 11.1. The average molecular weight is 473 g/mol. The molecule has 0 saturated heterocycles. The largest absolute Gasteiger partial charge is 0.293 e. The molecule has 0 aliphatic heterocycles. The summed E-state index contributed by atoms with van der Waals surface area (Å²) in [6.45, 7) is 3.83. The van der Waals surface area contributed by atoms with Crippen molar-refractivity contribution in [1.29, 1.82) is 0 Å². The van der Waals surface area contributed by atoms with Crippen molar-refractivity contribution in [3.63, 3.8) is 0 Å².